The molecule has 5 rings (SSSR count). The minimum Gasteiger partial charge on any atom is -0.381 e. The van der Waals surface area contributed by atoms with Crippen LogP contribution in [-0.4, -0.2) is 51.4 Å². The largest absolute Gasteiger partial charge is 0.381 e. The Labute approximate surface area is 204 Å². The highest BCUT2D eigenvalue weighted by Crippen LogP contribution is 2.25. The van der Waals surface area contributed by atoms with Gasteiger partial charge in [0.25, 0.3) is 11.5 Å². The van der Waals surface area contributed by atoms with Crippen molar-refractivity contribution in [2.45, 2.75) is 57.5 Å². The zero-order valence-corrected chi connectivity index (χ0v) is 20.3. The molecule has 10 nitrogen and oxygen atoms in total. The fourth-order valence-corrected chi connectivity index (χ4v) is 5.19. The fourth-order valence-electron chi connectivity index (χ4n) is 5.19. The Bertz CT molecular complexity index is 1260. The molecule has 0 aromatic carbocycles. The van der Waals surface area contributed by atoms with Crippen molar-refractivity contribution in [1.29, 1.82) is 0 Å². The van der Waals surface area contributed by atoms with Crippen LogP contribution in [0.2, 0.25) is 0 Å². The van der Waals surface area contributed by atoms with E-state index in [9.17, 15) is 9.59 Å². The second kappa shape index (κ2) is 10.1. The van der Waals surface area contributed by atoms with Gasteiger partial charge < -0.3 is 25.3 Å². The average molecular weight is 480 g/mol. The smallest absolute Gasteiger partial charge is 0.274 e. The maximum absolute atomic E-state index is 13.2. The van der Waals surface area contributed by atoms with Crippen molar-refractivity contribution in [3.05, 3.63) is 46.5 Å². The molecule has 3 N–H and O–H groups in total. The maximum Gasteiger partial charge on any atom is 0.274 e. The first-order chi connectivity index (χ1) is 17.0. The van der Waals surface area contributed by atoms with Crippen LogP contribution in [0.1, 0.15) is 61.8 Å². The monoisotopic (exact) mass is 479 g/mol. The molecule has 0 spiro atoms. The van der Waals surface area contributed by atoms with Crippen LogP contribution in [0.15, 0.2) is 35.4 Å². The molecule has 3 aromatic rings. The van der Waals surface area contributed by atoms with E-state index in [1.54, 1.807) is 34.5 Å². The highest BCUT2D eigenvalue weighted by atomic mass is 16.5. The summed E-state index contributed by atoms with van der Waals surface area (Å²) >= 11 is 0. The van der Waals surface area contributed by atoms with Crippen LogP contribution in [0, 0.1) is 5.92 Å². The van der Waals surface area contributed by atoms with Gasteiger partial charge in [0.05, 0.1) is 6.20 Å². The minimum atomic E-state index is -0.174. The molecule has 3 aromatic heterocycles. The lowest BCUT2D eigenvalue weighted by Crippen LogP contribution is -2.38. The Morgan fingerprint density at radius 3 is 2.80 bits per heavy atom. The van der Waals surface area contributed by atoms with Gasteiger partial charge in [-0.15, -0.1) is 0 Å². The molecule has 186 valence electrons. The molecule has 2 atom stereocenters. The van der Waals surface area contributed by atoms with Crippen LogP contribution in [0.3, 0.4) is 0 Å². The number of hydrogen-bond acceptors (Lipinski definition) is 7. The summed E-state index contributed by atoms with van der Waals surface area (Å²) in [5, 5.41) is 13.8. The van der Waals surface area contributed by atoms with E-state index >= 15 is 0 Å². The number of nitrogens with zero attached hydrogens (tertiary/aromatic N) is 4. The summed E-state index contributed by atoms with van der Waals surface area (Å²) in [5.41, 5.74) is 1.17. The Balaban J connectivity index is 1.43. The van der Waals surface area contributed by atoms with E-state index in [0.29, 0.717) is 47.7 Å². The number of nitrogens with one attached hydrogen (secondary N) is 3. The average Bonchev–Trinajstić information content (AvgIpc) is 3.29. The van der Waals surface area contributed by atoms with E-state index in [-0.39, 0.29) is 23.6 Å². The fraction of sp³-hybridized carbons (Fsp3) is 0.520. The van der Waals surface area contributed by atoms with Gasteiger partial charge in [0.2, 0.25) is 0 Å². The van der Waals surface area contributed by atoms with Gasteiger partial charge in [0.15, 0.2) is 5.65 Å². The minimum absolute atomic E-state index is 0.107. The number of rotatable bonds is 6. The summed E-state index contributed by atoms with van der Waals surface area (Å²) < 4.78 is 8.82. The van der Waals surface area contributed by atoms with Gasteiger partial charge in [-0.1, -0.05) is 19.8 Å². The predicted molar refractivity (Wildman–Crippen MR) is 134 cm³/mol. The molecule has 0 bridgehead atoms. The van der Waals surface area contributed by atoms with Crippen LogP contribution in [0.25, 0.3) is 5.65 Å². The van der Waals surface area contributed by atoms with Crippen molar-refractivity contribution in [3.8, 4) is 0 Å². The highest BCUT2D eigenvalue weighted by Gasteiger charge is 2.24. The van der Waals surface area contributed by atoms with E-state index in [2.05, 4.69) is 33.0 Å². The summed E-state index contributed by atoms with van der Waals surface area (Å²) in [6.07, 6.45) is 9.31. The highest BCUT2D eigenvalue weighted by molar-refractivity contribution is 6.00. The number of carbonyl (C=O) groups is 1. The van der Waals surface area contributed by atoms with E-state index in [0.717, 1.165) is 32.1 Å². The van der Waals surface area contributed by atoms with Crippen LogP contribution in [0.4, 0.5) is 17.3 Å². The number of anilines is 3. The first-order valence-corrected chi connectivity index (χ1v) is 12.5. The molecule has 2 aliphatic rings. The van der Waals surface area contributed by atoms with Gasteiger partial charge in [-0.2, -0.15) is 9.61 Å². The normalized spacial score (nSPS) is 21.1. The van der Waals surface area contributed by atoms with Crippen LogP contribution >= 0.6 is 0 Å². The molecule has 1 aliphatic carbocycles. The van der Waals surface area contributed by atoms with Gasteiger partial charge >= 0.3 is 0 Å². The molecule has 1 amide bonds. The number of ether oxygens (including phenoxy) is 1. The number of carbonyl (C=O) groups excluding carboxylic acids is 1. The lowest BCUT2D eigenvalue weighted by molar-refractivity contribution is 0.0687. The quantitative estimate of drug-likeness (QED) is 0.497. The molecule has 2 fully saturated rings. The van der Waals surface area contributed by atoms with Gasteiger partial charge in [0.1, 0.15) is 22.9 Å². The zero-order chi connectivity index (χ0) is 24.4. The first kappa shape index (κ1) is 23.3. The Morgan fingerprint density at radius 1 is 1.20 bits per heavy atom. The SMILES string of the molecule is CNc1cc(Nc2cccn(C3CCOCC3)c2=O)nc2c(C(=O)NC3CCCC(C)C3)cnn12. The summed E-state index contributed by atoms with van der Waals surface area (Å²) in [4.78, 5) is 31.0. The first-order valence-electron chi connectivity index (χ1n) is 12.5. The summed E-state index contributed by atoms with van der Waals surface area (Å²) in [6.45, 7) is 3.54. The van der Waals surface area contributed by atoms with E-state index in [1.807, 2.05) is 12.3 Å². The van der Waals surface area contributed by atoms with Crippen molar-refractivity contribution >= 4 is 28.9 Å². The van der Waals surface area contributed by atoms with Crippen LogP contribution in [0.5, 0.6) is 0 Å². The van der Waals surface area contributed by atoms with Crippen LogP contribution in [-0.2, 0) is 4.74 Å². The molecular weight excluding hydrogens is 446 g/mol. The third-order valence-corrected chi connectivity index (χ3v) is 7.07. The summed E-state index contributed by atoms with van der Waals surface area (Å²) in [6, 6.07) is 5.67. The standard InChI is InChI=1S/C25H33N7O3/c1-16-5-3-6-17(13-16)28-24(33)19-15-27-32-22(26-2)14-21(30-23(19)32)29-20-7-4-10-31(25(20)34)18-8-11-35-12-9-18/h4,7,10,14-18,26H,3,5-6,8-9,11-13H2,1-2H3,(H,28,33)(H,29,30). The third-order valence-electron chi connectivity index (χ3n) is 7.07. The van der Waals surface area contributed by atoms with E-state index < -0.39 is 0 Å². The van der Waals surface area contributed by atoms with Crippen molar-refractivity contribution < 1.29 is 9.53 Å². The summed E-state index contributed by atoms with van der Waals surface area (Å²) in [7, 11) is 1.78. The summed E-state index contributed by atoms with van der Waals surface area (Å²) in [5.74, 6) is 1.55. The molecule has 0 radical (unpaired) electrons. The second-order valence-corrected chi connectivity index (χ2v) is 9.62. The molecule has 1 saturated heterocycles. The molecule has 1 saturated carbocycles. The lowest BCUT2D eigenvalue weighted by atomic mass is 9.87. The Kier molecular flexibility index (Phi) is 6.72. The topological polar surface area (TPSA) is 115 Å². The number of hydrogen-bond donors (Lipinski definition) is 3. The predicted octanol–water partition coefficient (Wildman–Crippen LogP) is 3.34. The molecule has 10 heteroatoms. The van der Waals surface area contributed by atoms with E-state index in [4.69, 9.17) is 4.74 Å². The van der Waals surface area contributed by atoms with Gasteiger partial charge in [-0.05, 0) is 43.7 Å². The number of fused-ring (bicyclic) bond motifs is 1. The lowest BCUT2D eigenvalue weighted by Gasteiger charge is -2.27. The molecule has 35 heavy (non-hydrogen) atoms. The van der Waals surface area contributed by atoms with Gasteiger partial charge in [-0.25, -0.2) is 4.98 Å². The molecule has 4 heterocycles. The third kappa shape index (κ3) is 4.88. The molecule has 1 aliphatic heterocycles. The maximum atomic E-state index is 13.2. The number of aromatic nitrogens is 4. The van der Waals surface area contributed by atoms with E-state index in [1.165, 1.54) is 6.42 Å². The molecule has 2 unspecified atom stereocenters. The van der Waals surface area contributed by atoms with Gasteiger partial charge in [0, 0.05) is 44.6 Å². The van der Waals surface area contributed by atoms with Gasteiger partial charge in [-0.3, -0.25) is 9.59 Å². The molecular formula is C25H33N7O3. The Morgan fingerprint density at radius 2 is 2.03 bits per heavy atom. The van der Waals surface area contributed by atoms with Crippen molar-refractivity contribution in [1.82, 2.24) is 24.5 Å². The zero-order valence-electron chi connectivity index (χ0n) is 20.3. The van der Waals surface area contributed by atoms with Crippen molar-refractivity contribution in [3.63, 3.8) is 0 Å². The van der Waals surface area contributed by atoms with Crippen molar-refractivity contribution in [2.24, 2.45) is 5.92 Å². The van der Waals surface area contributed by atoms with Crippen molar-refractivity contribution in [2.75, 3.05) is 30.9 Å². The van der Waals surface area contributed by atoms with Crippen LogP contribution < -0.4 is 21.5 Å². The Hall–Kier alpha value is -3.40. The second-order valence-electron chi connectivity index (χ2n) is 9.62. The number of pyridine rings is 1. The number of amides is 1.